The highest BCUT2D eigenvalue weighted by molar-refractivity contribution is 9.10. The van der Waals surface area contributed by atoms with E-state index in [0.29, 0.717) is 34.2 Å². The summed E-state index contributed by atoms with van der Waals surface area (Å²) in [6.45, 7) is 4.05. The summed E-state index contributed by atoms with van der Waals surface area (Å²) < 4.78 is 12.3. The van der Waals surface area contributed by atoms with Crippen LogP contribution in [0.2, 0.25) is 5.02 Å². The number of nitrogens with zero attached hydrogens (tertiary/aromatic N) is 1. The fraction of sp³-hybridized carbons (Fsp3) is 0.107. The molecule has 0 spiro atoms. The Labute approximate surface area is 227 Å². The van der Waals surface area contributed by atoms with Gasteiger partial charge in [-0.25, -0.2) is 9.69 Å². The van der Waals surface area contributed by atoms with Crippen molar-refractivity contribution in [1.29, 1.82) is 0 Å². The van der Waals surface area contributed by atoms with Crippen LogP contribution in [0, 0.1) is 0 Å². The Morgan fingerprint density at radius 1 is 1.05 bits per heavy atom. The summed E-state index contributed by atoms with van der Waals surface area (Å²) in [6, 6.07) is 16.4. The minimum atomic E-state index is -0.811. The monoisotopic (exact) mass is 580 g/mol. The summed E-state index contributed by atoms with van der Waals surface area (Å²) >= 11 is 9.28. The Balaban J connectivity index is 1.69. The number of allylic oxidation sites excluding steroid dienone is 1. The second-order valence-electron chi connectivity index (χ2n) is 8.03. The lowest BCUT2D eigenvalue weighted by molar-refractivity contribution is -0.122. The van der Waals surface area contributed by atoms with Crippen LogP contribution in [-0.2, 0) is 22.6 Å². The molecule has 4 rings (SSSR count). The molecular formula is C28H22BrClN2O5. The Morgan fingerprint density at radius 3 is 2.41 bits per heavy atom. The van der Waals surface area contributed by atoms with E-state index in [1.54, 1.807) is 60.7 Å². The van der Waals surface area contributed by atoms with Crippen molar-refractivity contribution in [2.75, 3.05) is 12.0 Å². The Morgan fingerprint density at radius 2 is 1.76 bits per heavy atom. The van der Waals surface area contributed by atoms with Gasteiger partial charge < -0.3 is 9.47 Å². The van der Waals surface area contributed by atoms with Crippen LogP contribution in [0.4, 0.5) is 10.5 Å². The Kier molecular flexibility index (Phi) is 8.11. The summed E-state index contributed by atoms with van der Waals surface area (Å²) in [4.78, 5) is 39.3. The first-order valence-corrected chi connectivity index (χ1v) is 12.3. The molecule has 3 aromatic carbocycles. The van der Waals surface area contributed by atoms with Gasteiger partial charge in [-0.1, -0.05) is 39.7 Å². The lowest BCUT2D eigenvalue weighted by atomic mass is 9.98. The zero-order chi connectivity index (χ0) is 26.5. The number of hydrogen-bond acceptors (Lipinski definition) is 5. The van der Waals surface area contributed by atoms with E-state index in [9.17, 15) is 14.4 Å². The van der Waals surface area contributed by atoms with E-state index in [1.807, 2.05) is 6.07 Å². The van der Waals surface area contributed by atoms with Gasteiger partial charge in [0.25, 0.3) is 11.8 Å². The molecule has 188 valence electrons. The smallest absolute Gasteiger partial charge is 0.335 e. The number of ether oxygens (including phenoxy) is 2. The number of anilines is 1. The van der Waals surface area contributed by atoms with Crippen molar-refractivity contribution >= 4 is 57.1 Å². The second-order valence-corrected chi connectivity index (χ2v) is 9.38. The van der Waals surface area contributed by atoms with E-state index < -0.39 is 17.8 Å². The van der Waals surface area contributed by atoms with Gasteiger partial charge in [0.2, 0.25) is 0 Å². The van der Waals surface area contributed by atoms with Gasteiger partial charge in [0.1, 0.15) is 23.7 Å². The fourth-order valence-electron chi connectivity index (χ4n) is 3.83. The zero-order valence-electron chi connectivity index (χ0n) is 19.8. The molecule has 37 heavy (non-hydrogen) atoms. The second kappa shape index (κ2) is 11.5. The van der Waals surface area contributed by atoms with Crippen molar-refractivity contribution in [2.45, 2.75) is 13.0 Å². The van der Waals surface area contributed by atoms with Gasteiger partial charge in [0.05, 0.1) is 12.8 Å². The maximum absolute atomic E-state index is 13.2. The molecule has 0 saturated carbocycles. The zero-order valence-corrected chi connectivity index (χ0v) is 22.1. The highest BCUT2D eigenvalue weighted by atomic mass is 79.9. The van der Waals surface area contributed by atoms with Crippen LogP contribution < -0.4 is 19.7 Å². The molecule has 7 nitrogen and oxygen atoms in total. The van der Waals surface area contributed by atoms with E-state index in [0.717, 1.165) is 20.5 Å². The molecule has 4 amide bonds. The molecule has 1 saturated heterocycles. The number of hydrogen-bond donors (Lipinski definition) is 1. The summed E-state index contributed by atoms with van der Waals surface area (Å²) in [5.74, 6) is -0.341. The number of rotatable bonds is 8. The number of methoxy groups -OCH3 is 1. The van der Waals surface area contributed by atoms with Gasteiger partial charge in [-0.15, -0.1) is 6.58 Å². The lowest BCUT2D eigenvalue weighted by Crippen LogP contribution is -2.54. The quantitative estimate of drug-likeness (QED) is 0.198. The molecule has 0 aromatic heterocycles. The van der Waals surface area contributed by atoms with Crippen molar-refractivity contribution in [1.82, 2.24) is 5.32 Å². The average Bonchev–Trinajstić information content (AvgIpc) is 2.88. The number of barbiturate groups is 1. The van der Waals surface area contributed by atoms with Crippen LogP contribution in [0.3, 0.4) is 0 Å². The topological polar surface area (TPSA) is 84.9 Å². The Hall–Kier alpha value is -3.88. The van der Waals surface area contributed by atoms with Gasteiger partial charge >= 0.3 is 6.03 Å². The standard InChI is InChI=1S/C28H22BrClN2O5/c1-3-4-18-13-17(15-25(36-2)24(18)16-37-22-11-7-20(30)8-12-22)14-23-26(33)31-28(35)32(27(23)34)21-9-5-19(29)6-10-21/h3,5-15H,1,4,16H2,2H3,(H,31,33,35). The van der Waals surface area contributed by atoms with Crippen LogP contribution in [0.5, 0.6) is 11.5 Å². The fourth-order valence-corrected chi connectivity index (χ4v) is 4.22. The normalized spacial score (nSPS) is 14.5. The predicted molar refractivity (Wildman–Crippen MR) is 146 cm³/mol. The third-order valence-electron chi connectivity index (χ3n) is 5.60. The number of nitrogens with one attached hydrogen (secondary N) is 1. The number of carbonyl (C=O) groups is 3. The van der Waals surface area contributed by atoms with Crippen molar-refractivity contribution in [3.8, 4) is 11.5 Å². The number of carbonyl (C=O) groups excluding carboxylic acids is 3. The first kappa shape index (κ1) is 26.2. The largest absolute Gasteiger partial charge is 0.496 e. The molecule has 9 heteroatoms. The van der Waals surface area contributed by atoms with Crippen LogP contribution in [0.15, 0.2) is 83.4 Å². The minimum Gasteiger partial charge on any atom is -0.496 e. The summed E-state index contributed by atoms with van der Waals surface area (Å²) in [5.41, 5.74) is 2.35. The predicted octanol–water partition coefficient (Wildman–Crippen LogP) is 6.09. The van der Waals surface area contributed by atoms with Crippen molar-refractivity contribution in [3.63, 3.8) is 0 Å². The third kappa shape index (κ3) is 5.93. The first-order valence-electron chi connectivity index (χ1n) is 11.2. The molecule has 1 N–H and O–H groups in total. The summed E-state index contributed by atoms with van der Waals surface area (Å²) in [7, 11) is 1.53. The highest BCUT2D eigenvalue weighted by Gasteiger charge is 2.36. The molecule has 1 fully saturated rings. The molecule has 1 heterocycles. The molecule has 1 aliphatic heterocycles. The minimum absolute atomic E-state index is 0.181. The van der Waals surface area contributed by atoms with Gasteiger partial charge in [-0.2, -0.15) is 0 Å². The highest BCUT2D eigenvalue weighted by Crippen LogP contribution is 2.30. The maximum atomic E-state index is 13.2. The molecule has 0 bridgehead atoms. The van der Waals surface area contributed by atoms with E-state index in [1.165, 1.54) is 13.2 Å². The molecule has 1 aliphatic rings. The van der Waals surface area contributed by atoms with E-state index in [-0.39, 0.29) is 12.2 Å². The van der Waals surface area contributed by atoms with Crippen LogP contribution >= 0.6 is 27.5 Å². The van der Waals surface area contributed by atoms with Gasteiger partial charge in [0.15, 0.2) is 0 Å². The number of benzene rings is 3. The molecule has 0 aliphatic carbocycles. The number of urea groups is 1. The van der Waals surface area contributed by atoms with Crippen molar-refractivity contribution in [3.05, 3.63) is 105 Å². The molecule has 0 atom stereocenters. The summed E-state index contributed by atoms with van der Waals surface area (Å²) in [5, 5.41) is 2.84. The number of amides is 4. The number of imide groups is 2. The number of halogens is 2. The Bertz CT molecular complexity index is 1400. The van der Waals surface area contributed by atoms with Gasteiger partial charge in [-0.3, -0.25) is 14.9 Å². The first-order chi connectivity index (χ1) is 17.8. The van der Waals surface area contributed by atoms with E-state index >= 15 is 0 Å². The van der Waals surface area contributed by atoms with Crippen molar-refractivity contribution in [2.24, 2.45) is 0 Å². The lowest BCUT2D eigenvalue weighted by Gasteiger charge is -2.26. The molecule has 0 radical (unpaired) electrons. The van der Waals surface area contributed by atoms with Crippen LogP contribution in [0.25, 0.3) is 6.08 Å². The average molecular weight is 582 g/mol. The molecule has 0 unspecified atom stereocenters. The van der Waals surface area contributed by atoms with E-state index in [2.05, 4.69) is 27.8 Å². The van der Waals surface area contributed by atoms with Crippen LogP contribution in [0.1, 0.15) is 16.7 Å². The maximum Gasteiger partial charge on any atom is 0.335 e. The van der Waals surface area contributed by atoms with Crippen molar-refractivity contribution < 1.29 is 23.9 Å². The molecule has 3 aromatic rings. The van der Waals surface area contributed by atoms with E-state index in [4.69, 9.17) is 21.1 Å². The third-order valence-corrected chi connectivity index (χ3v) is 6.38. The van der Waals surface area contributed by atoms with Crippen LogP contribution in [-0.4, -0.2) is 25.0 Å². The molecular weight excluding hydrogens is 560 g/mol. The SMILES string of the molecule is C=CCc1cc(C=C2C(=O)NC(=O)N(c3ccc(Br)cc3)C2=O)cc(OC)c1COc1ccc(Cl)cc1. The summed E-state index contributed by atoms with van der Waals surface area (Å²) in [6.07, 6.45) is 3.68. The van der Waals surface area contributed by atoms with Gasteiger partial charge in [0, 0.05) is 15.1 Å². The van der Waals surface area contributed by atoms with Gasteiger partial charge in [-0.05, 0) is 78.2 Å².